The number of hydrogen-bond acceptors (Lipinski definition) is 5. The lowest BCUT2D eigenvalue weighted by Crippen LogP contribution is -2.50. The molecule has 2 fully saturated rings. The maximum absolute atomic E-state index is 4.95. The molecule has 0 bridgehead atoms. The zero-order chi connectivity index (χ0) is 23.3. The van der Waals surface area contributed by atoms with E-state index >= 15 is 0 Å². The van der Waals surface area contributed by atoms with Gasteiger partial charge in [0.25, 0.3) is 0 Å². The molecule has 0 aliphatic carbocycles. The maximum atomic E-state index is 4.95. The zero-order valence-electron chi connectivity index (χ0n) is 20.7. The molecule has 1 atom stereocenters. The van der Waals surface area contributed by atoms with Crippen LogP contribution < -0.4 is 10.2 Å². The van der Waals surface area contributed by atoms with Gasteiger partial charge < -0.3 is 19.9 Å². The number of pyridine rings is 2. The molecule has 33 heavy (non-hydrogen) atoms. The van der Waals surface area contributed by atoms with Gasteiger partial charge in [-0.2, -0.15) is 0 Å². The van der Waals surface area contributed by atoms with Crippen LogP contribution in [-0.2, 0) is 4.74 Å². The summed E-state index contributed by atoms with van der Waals surface area (Å²) in [6.07, 6.45) is 11.0. The minimum atomic E-state index is -0.803. The van der Waals surface area contributed by atoms with Crippen LogP contribution >= 0.6 is 0 Å². The van der Waals surface area contributed by atoms with E-state index in [4.69, 9.17) is 4.74 Å². The van der Waals surface area contributed by atoms with Gasteiger partial charge in [0.1, 0.15) is 5.65 Å². The predicted octanol–water partition coefficient (Wildman–Crippen LogP) is 5.32. The van der Waals surface area contributed by atoms with E-state index < -0.39 is 8.07 Å². The van der Waals surface area contributed by atoms with Crippen molar-refractivity contribution < 1.29 is 4.74 Å². The van der Waals surface area contributed by atoms with Gasteiger partial charge in [0, 0.05) is 64.6 Å². The monoisotopic (exact) mass is 465 g/mol. The highest BCUT2D eigenvalue weighted by Gasteiger charge is 2.39. The first-order chi connectivity index (χ1) is 15.9. The molecule has 2 N–H and O–H groups in total. The van der Waals surface area contributed by atoms with Crippen molar-refractivity contribution in [1.82, 2.24) is 20.3 Å². The standard InChI is InChI=1S/C20H23N5.C6H16OSi/c1-3-9-21-16(5-1)15-13-23-19-18(15)17(6-11-22-19)25-12-8-20(14-25)7-2-4-10-24-20;1-7-5-6-8(2,3)4/h1,3,5-6,9,11,13,24H,2,4,7-8,10,12,14H2,(H,22,23);5-6H2,1-4H3. The number of aromatic nitrogens is 3. The Morgan fingerprint density at radius 3 is 2.64 bits per heavy atom. The molecule has 0 saturated carbocycles. The fraction of sp³-hybridized carbons (Fsp3) is 0.538. The Labute approximate surface area is 199 Å². The highest BCUT2D eigenvalue weighted by molar-refractivity contribution is 6.76. The normalized spacial score (nSPS) is 20.8. The van der Waals surface area contributed by atoms with Crippen LogP contribution in [0.1, 0.15) is 25.7 Å². The largest absolute Gasteiger partial charge is 0.385 e. The Morgan fingerprint density at radius 2 is 1.97 bits per heavy atom. The predicted molar refractivity (Wildman–Crippen MR) is 141 cm³/mol. The fourth-order valence-electron chi connectivity index (χ4n) is 4.89. The third-order valence-electron chi connectivity index (χ3n) is 6.83. The van der Waals surface area contributed by atoms with E-state index in [0.717, 1.165) is 43.1 Å². The van der Waals surface area contributed by atoms with Gasteiger partial charge in [-0.1, -0.05) is 32.1 Å². The van der Waals surface area contributed by atoms with E-state index in [9.17, 15) is 0 Å². The minimum Gasteiger partial charge on any atom is -0.385 e. The lowest BCUT2D eigenvalue weighted by Gasteiger charge is -2.35. The second-order valence-corrected chi connectivity index (χ2v) is 16.2. The van der Waals surface area contributed by atoms with Gasteiger partial charge in [-0.05, 0) is 50.1 Å². The molecule has 2 aliphatic rings. The molecular weight excluding hydrogens is 426 g/mol. The molecule has 0 amide bonds. The summed E-state index contributed by atoms with van der Waals surface area (Å²) in [7, 11) is 0.961. The maximum Gasteiger partial charge on any atom is 0.140 e. The van der Waals surface area contributed by atoms with Gasteiger partial charge in [0.2, 0.25) is 0 Å². The third kappa shape index (κ3) is 5.83. The van der Waals surface area contributed by atoms with Gasteiger partial charge >= 0.3 is 0 Å². The Hall–Kier alpha value is -2.22. The van der Waals surface area contributed by atoms with Crippen molar-refractivity contribution in [1.29, 1.82) is 0 Å². The lowest BCUT2D eigenvalue weighted by atomic mass is 9.88. The topological polar surface area (TPSA) is 66.1 Å². The molecule has 3 aromatic heterocycles. The summed E-state index contributed by atoms with van der Waals surface area (Å²) in [4.78, 5) is 14.9. The van der Waals surface area contributed by atoms with Crippen LogP contribution in [0.15, 0.2) is 42.9 Å². The van der Waals surface area contributed by atoms with Crippen LogP contribution in [0.4, 0.5) is 5.69 Å². The number of piperidine rings is 1. The minimum absolute atomic E-state index is 0.301. The van der Waals surface area contributed by atoms with Crippen molar-refractivity contribution in [2.24, 2.45) is 0 Å². The van der Waals surface area contributed by atoms with Gasteiger partial charge in [0.05, 0.1) is 16.8 Å². The number of methoxy groups -OCH3 is 1. The fourth-order valence-corrected chi connectivity index (χ4v) is 5.71. The van der Waals surface area contributed by atoms with Crippen molar-refractivity contribution >= 4 is 24.8 Å². The molecule has 2 aliphatic heterocycles. The van der Waals surface area contributed by atoms with Crippen LogP contribution in [0.5, 0.6) is 0 Å². The molecule has 5 rings (SSSR count). The van der Waals surface area contributed by atoms with Crippen molar-refractivity contribution in [3.63, 3.8) is 0 Å². The van der Waals surface area contributed by atoms with Gasteiger partial charge in [-0.25, -0.2) is 4.98 Å². The number of rotatable bonds is 5. The van der Waals surface area contributed by atoms with Crippen molar-refractivity contribution in [3.8, 4) is 11.3 Å². The van der Waals surface area contributed by atoms with Crippen molar-refractivity contribution in [2.75, 3.05) is 38.3 Å². The number of ether oxygens (including phenoxy) is 1. The average molecular weight is 466 g/mol. The molecule has 1 unspecified atom stereocenters. The van der Waals surface area contributed by atoms with Crippen LogP contribution in [-0.4, -0.2) is 61.9 Å². The number of aromatic amines is 1. The summed E-state index contributed by atoms with van der Waals surface area (Å²) in [5.74, 6) is 0. The smallest absolute Gasteiger partial charge is 0.140 e. The Bertz CT molecular complexity index is 1020. The SMILES string of the molecule is COCC[Si](C)(C)C.c1ccc(-c2c[nH]c3nccc(N4CCC5(CCCCN5)C4)c23)nc1. The quantitative estimate of drug-likeness (QED) is 0.499. The van der Waals surface area contributed by atoms with E-state index in [0.29, 0.717) is 5.54 Å². The number of H-pyrrole nitrogens is 1. The summed E-state index contributed by atoms with van der Waals surface area (Å²) in [6.45, 7) is 11.3. The second-order valence-electron chi connectivity index (χ2n) is 10.6. The van der Waals surface area contributed by atoms with E-state index in [1.54, 1.807) is 7.11 Å². The first-order valence-corrected chi connectivity index (χ1v) is 16.0. The molecule has 7 heteroatoms. The summed E-state index contributed by atoms with van der Waals surface area (Å²) in [6, 6.07) is 9.49. The molecule has 2 saturated heterocycles. The highest BCUT2D eigenvalue weighted by Crippen LogP contribution is 2.38. The number of fused-ring (bicyclic) bond motifs is 1. The van der Waals surface area contributed by atoms with Crippen molar-refractivity contribution in [3.05, 3.63) is 42.9 Å². The third-order valence-corrected chi connectivity index (χ3v) is 8.53. The van der Waals surface area contributed by atoms with E-state index in [2.05, 4.69) is 56.9 Å². The molecule has 5 heterocycles. The van der Waals surface area contributed by atoms with Crippen LogP contribution in [0.3, 0.4) is 0 Å². The molecular formula is C26H39N5OSi. The number of nitrogens with one attached hydrogen (secondary N) is 2. The second kappa shape index (κ2) is 10.4. The van der Waals surface area contributed by atoms with Crippen LogP contribution in [0, 0.1) is 0 Å². The van der Waals surface area contributed by atoms with Crippen LogP contribution in [0.25, 0.3) is 22.3 Å². The first-order valence-electron chi connectivity index (χ1n) is 12.3. The average Bonchev–Trinajstić information content (AvgIpc) is 3.43. The van der Waals surface area contributed by atoms with Gasteiger partial charge in [-0.15, -0.1) is 0 Å². The Kier molecular flexibility index (Phi) is 7.51. The Morgan fingerprint density at radius 1 is 1.09 bits per heavy atom. The summed E-state index contributed by atoms with van der Waals surface area (Å²) < 4.78 is 4.95. The highest BCUT2D eigenvalue weighted by atomic mass is 28.3. The molecule has 6 nitrogen and oxygen atoms in total. The number of anilines is 1. The van der Waals surface area contributed by atoms with Crippen molar-refractivity contribution in [2.45, 2.75) is 56.9 Å². The summed E-state index contributed by atoms with van der Waals surface area (Å²) in [5.41, 5.74) is 4.64. The molecule has 178 valence electrons. The van der Waals surface area contributed by atoms with E-state index in [-0.39, 0.29) is 0 Å². The first kappa shape index (κ1) is 23.9. The number of nitrogens with zero attached hydrogens (tertiary/aromatic N) is 3. The lowest BCUT2D eigenvalue weighted by molar-refractivity contribution is 0.214. The number of hydrogen-bond donors (Lipinski definition) is 2. The molecule has 3 aromatic rings. The molecule has 0 radical (unpaired) electrons. The van der Waals surface area contributed by atoms with Gasteiger partial charge in [0.15, 0.2) is 0 Å². The van der Waals surface area contributed by atoms with Gasteiger partial charge in [-0.3, -0.25) is 4.98 Å². The zero-order valence-corrected chi connectivity index (χ0v) is 21.7. The van der Waals surface area contributed by atoms with Crippen LogP contribution in [0.2, 0.25) is 25.7 Å². The van der Waals surface area contributed by atoms with E-state index in [1.165, 1.54) is 42.8 Å². The summed E-state index contributed by atoms with van der Waals surface area (Å²) in [5, 5.41) is 4.99. The summed E-state index contributed by atoms with van der Waals surface area (Å²) >= 11 is 0. The van der Waals surface area contributed by atoms with E-state index in [1.807, 2.05) is 30.7 Å². The molecule has 0 aromatic carbocycles. The Balaban J connectivity index is 0.000000281. The molecule has 1 spiro atoms.